The lowest BCUT2D eigenvalue weighted by Gasteiger charge is -2.35. The van der Waals surface area contributed by atoms with Gasteiger partial charge in [0.15, 0.2) is 0 Å². The van der Waals surface area contributed by atoms with E-state index in [9.17, 15) is 28.3 Å². The normalized spacial score (nSPS) is 17.2. The van der Waals surface area contributed by atoms with Crippen LogP contribution in [0.25, 0.3) is 11.1 Å². The van der Waals surface area contributed by atoms with E-state index in [1.807, 2.05) is 48.5 Å². The van der Waals surface area contributed by atoms with E-state index < -0.39 is 42.4 Å². The van der Waals surface area contributed by atoms with Crippen LogP contribution in [0.1, 0.15) is 55.6 Å². The van der Waals surface area contributed by atoms with E-state index in [1.165, 1.54) is 0 Å². The van der Waals surface area contributed by atoms with Gasteiger partial charge in [-0.05, 0) is 35.1 Å². The summed E-state index contributed by atoms with van der Waals surface area (Å²) >= 11 is 0. The highest BCUT2D eigenvalue weighted by atomic mass is 19.3. The van der Waals surface area contributed by atoms with E-state index in [0.29, 0.717) is 12.8 Å². The molecule has 0 heterocycles. The topological polar surface area (TPSA) is 105 Å². The highest BCUT2D eigenvalue weighted by Gasteiger charge is 2.42. The molecule has 1 atom stereocenters. The van der Waals surface area contributed by atoms with Crippen LogP contribution in [0.4, 0.5) is 13.6 Å². The fourth-order valence-corrected chi connectivity index (χ4v) is 5.06. The monoisotopic (exact) mass is 486 g/mol. The predicted octanol–water partition coefficient (Wildman–Crippen LogP) is 4.45. The largest absolute Gasteiger partial charge is 0.480 e. The highest BCUT2D eigenvalue weighted by molar-refractivity contribution is 5.91. The van der Waals surface area contributed by atoms with Crippen LogP contribution in [0.2, 0.25) is 0 Å². The molecule has 1 fully saturated rings. The third-order valence-corrected chi connectivity index (χ3v) is 6.85. The standard InChI is InChI=1S/C26H28F2N2O5/c27-22(28)14-21(23(31)30-26(24(32)33)12-6-1-7-13-26)29-25(34)35-15-20-18-10-4-2-8-16(18)17-9-3-5-11-19(17)20/h2-5,8-11,20-22H,1,6-7,12-15H2,(H,29,34)(H,30,31)(H,32,33). The number of nitrogens with one attached hydrogen (secondary N) is 2. The number of halogens is 2. The van der Waals surface area contributed by atoms with Crippen LogP contribution in [0, 0.1) is 0 Å². The summed E-state index contributed by atoms with van der Waals surface area (Å²) in [4.78, 5) is 37.2. The summed E-state index contributed by atoms with van der Waals surface area (Å²) in [5.41, 5.74) is 2.55. The summed E-state index contributed by atoms with van der Waals surface area (Å²) in [5, 5.41) is 14.3. The second kappa shape index (κ2) is 10.4. The molecule has 2 aliphatic carbocycles. The Morgan fingerprint density at radius 3 is 2.09 bits per heavy atom. The first kappa shape index (κ1) is 24.6. The first-order chi connectivity index (χ1) is 16.8. The number of fused-ring (bicyclic) bond motifs is 3. The molecule has 3 N–H and O–H groups in total. The lowest BCUT2D eigenvalue weighted by atomic mass is 9.81. The molecule has 1 saturated carbocycles. The number of amides is 2. The molecule has 1 unspecified atom stereocenters. The van der Waals surface area contributed by atoms with Crippen molar-refractivity contribution in [2.45, 2.75) is 62.4 Å². The molecule has 0 aliphatic heterocycles. The maximum absolute atomic E-state index is 13.2. The molecule has 2 aromatic carbocycles. The van der Waals surface area contributed by atoms with Gasteiger partial charge in [-0.15, -0.1) is 0 Å². The maximum atomic E-state index is 13.2. The molecule has 7 nitrogen and oxygen atoms in total. The average Bonchev–Trinajstić information content (AvgIpc) is 3.16. The van der Waals surface area contributed by atoms with Gasteiger partial charge in [-0.3, -0.25) is 4.79 Å². The molecule has 9 heteroatoms. The van der Waals surface area contributed by atoms with Gasteiger partial charge in [0, 0.05) is 12.3 Å². The zero-order valence-electron chi connectivity index (χ0n) is 19.1. The fraction of sp³-hybridized carbons (Fsp3) is 0.423. The zero-order valence-corrected chi connectivity index (χ0v) is 19.1. The molecule has 4 rings (SSSR count). The minimum atomic E-state index is -2.88. The van der Waals surface area contributed by atoms with Gasteiger partial charge in [0.25, 0.3) is 0 Å². The van der Waals surface area contributed by atoms with Crippen molar-refractivity contribution in [2.24, 2.45) is 0 Å². The smallest absolute Gasteiger partial charge is 0.407 e. The van der Waals surface area contributed by atoms with Crippen LogP contribution in [0.5, 0.6) is 0 Å². The summed E-state index contributed by atoms with van der Waals surface area (Å²) in [6, 6.07) is 13.9. The van der Waals surface area contributed by atoms with Gasteiger partial charge >= 0.3 is 12.1 Å². The van der Waals surface area contributed by atoms with Crippen LogP contribution in [-0.2, 0) is 14.3 Å². The Kier molecular flexibility index (Phi) is 7.33. The van der Waals surface area contributed by atoms with Gasteiger partial charge in [0.1, 0.15) is 18.2 Å². The number of carboxylic acid groups (broad SMARTS) is 1. The van der Waals surface area contributed by atoms with Gasteiger partial charge in [0.05, 0.1) is 0 Å². The molecule has 0 radical (unpaired) electrons. The number of carboxylic acids is 1. The first-order valence-electron chi connectivity index (χ1n) is 11.8. The Bertz CT molecular complexity index is 1060. The molecule has 0 spiro atoms. The molecular weight excluding hydrogens is 458 g/mol. The lowest BCUT2D eigenvalue weighted by molar-refractivity contribution is -0.149. The molecule has 2 aromatic rings. The summed E-state index contributed by atoms with van der Waals surface area (Å²) in [5.74, 6) is -2.39. The van der Waals surface area contributed by atoms with Crippen molar-refractivity contribution < 1.29 is 33.0 Å². The Morgan fingerprint density at radius 2 is 1.54 bits per heavy atom. The summed E-state index contributed by atoms with van der Waals surface area (Å²) in [6.45, 7) is -0.0397. The Morgan fingerprint density at radius 1 is 0.971 bits per heavy atom. The quantitative estimate of drug-likeness (QED) is 0.511. The van der Waals surface area contributed by atoms with E-state index >= 15 is 0 Å². The number of ether oxygens (including phenoxy) is 1. The minimum Gasteiger partial charge on any atom is -0.480 e. The van der Waals surface area contributed by atoms with Gasteiger partial charge in [-0.25, -0.2) is 18.4 Å². The highest BCUT2D eigenvalue weighted by Crippen LogP contribution is 2.44. The molecule has 0 bridgehead atoms. The summed E-state index contributed by atoms with van der Waals surface area (Å²) < 4.78 is 31.8. The van der Waals surface area contributed by atoms with E-state index in [2.05, 4.69) is 10.6 Å². The van der Waals surface area contributed by atoms with Crippen LogP contribution in [0.3, 0.4) is 0 Å². The number of carbonyl (C=O) groups is 3. The SMILES string of the molecule is O=C(NC(CC(F)F)C(=O)NC1(C(=O)O)CCCCC1)OCC1c2ccccc2-c2ccccc21. The molecule has 186 valence electrons. The van der Waals surface area contributed by atoms with Crippen molar-refractivity contribution in [3.63, 3.8) is 0 Å². The van der Waals surface area contributed by atoms with Gasteiger partial charge < -0.3 is 20.5 Å². The van der Waals surface area contributed by atoms with Gasteiger partial charge in [-0.1, -0.05) is 67.8 Å². The second-order valence-electron chi connectivity index (χ2n) is 9.09. The molecule has 0 saturated heterocycles. The molecule has 0 aromatic heterocycles. The molecule has 35 heavy (non-hydrogen) atoms. The fourth-order valence-electron chi connectivity index (χ4n) is 5.06. The molecule has 2 amide bonds. The Hall–Kier alpha value is -3.49. The number of aliphatic carboxylic acids is 1. The third kappa shape index (κ3) is 5.28. The van der Waals surface area contributed by atoms with Crippen molar-refractivity contribution in [2.75, 3.05) is 6.61 Å². The van der Waals surface area contributed by atoms with E-state index in [-0.39, 0.29) is 25.4 Å². The summed E-state index contributed by atoms with van der Waals surface area (Å²) in [6.07, 6.45) is -2.39. The minimum absolute atomic E-state index is 0.0397. The maximum Gasteiger partial charge on any atom is 0.407 e. The van der Waals surface area contributed by atoms with Gasteiger partial charge in [0.2, 0.25) is 12.3 Å². The van der Waals surface area contributed by atoms with Crippen molar-refractivity contribution in [1.29, 1.82) is 0 Å². The van der Waals surface area contributed by atoms with Crippen LogP contribution < -0.4 is 10.6 Å². The number of carbonyl (C=O) groups excluding carboxylic acids is 2. The van der Waals surface area contributed by atoms with Crippen LogP contribution in [0.15, 0.2) is 48.5 Å². The van der Waals surface area contributed by atoms with Crippen molar-refractivity contribution in [3.05, 3.63) is 59.7 Å². The molecular formula is C26H28F2N2O5. The van der Waals surface area contributed by atoms with Crippen molar-refractivity contribution >= 4 is 18.0 Å². The second-order valence-corrected chi connectivity index (χ2v) is 9.09. The number of benzene rings is 2. The van der Waals surface area contributed by atoms with Crippen molar-refractivity contribution in [3.8, 4) is 11.1 Å². The lowest BCUT2D eigenvalue weighted by Crippen LogP contribution is -2.60. The first-order valence-corrected chi connectivity index (χ1v) is 11.8. The third-order valence-electron chi connectivity index (χ3n) is 6.85. The Labute approximate surface area is 201 Å². The van der Waals surface area contributed by atoms with E-state index in [0.717, 1.165) is 28.7 Å². The predicted molar refractivity (Wildman–Crippen MR) is 124 cm³/mol. The number of alkyl carbamates (subject to hydrolysis) is 1. The number of alkyl halides is 2. The number of rotatable bonds is 8. The van der Waals surface area contributed by atoms with Crippen molar-refractivity contribution in [1.82, 2.24) is 10.6 Å². The van der Waals surface area contributed by atoms with Gasteiger partial charge in [-0.2, -0.15) is 0 Å². The number of hydrogen-bond acceptors (Lipinski definition) is 4. The van der Waals surface area contributed by atoms with Crippen LogP contribution >= 0.6 is 0 Å². The van der Waals surface area contributed by atoms with Crippen LogP contribution in [-0.4, -0.2) is 47.7 Å². The van der Waals surface area contributed by atoms with E-state index in [1.54, 1.807) is 0 Å². The Balaban J connectivity index is 1.43. The summed E-state index contributed by atoms with van der Waals surface area (Å²) in [7, 11) is 0. The van der Waals surface area contributed by atoms with E-state index in [4.69, 9.17) is 4.74 Å². The zero-order chi connectivity index (χ0) is 25.0. The average molecular weight is 487 g/mol. The molecule has 2 aliphatic rings. The number of hydrogen-bond donors (Lipinski definition) is 3.